The molecule has 1 fully saturated rings. The van der Waals surface area contributed by atoms with Gasteiger partial charge in [-0.3, -0.25) is 4.79 Å². The number of nitrogens with two attached hydrogens (primary N) is 1. The zero-order valence-corrected chi connectivity index (χ0v) is 19.6. The molecular weight excluding hydrogens is 478 g/mol. The van der Waals surface area contributed by atoms with Gasteiger partial charge in [-0.05, 0) is 48.6 Å². The van der Waals surface area contributed by atoms with Gasteiger partial charge in [-0.25, -0.2) is 4.39 Å². The van der Waals surface area contributed by atoms with Crippen molar-refractivity contribution in [3.8, 4) is 0 Å². The second-order valence-electron chi connectivity index (χ2n) is 9.11. The van der Waals surface area contributed by atoms with Crippen LogP contribution in [-0.4, -0.2) is 33.8 Å². The summed E-state index contributed by atoms with van der Waals surface area (Å²) in [5.41, 5.74) is 4.10. The Labute approximate surface area is 205 Å². The molecule has 0 saturated carbocycles. The van der Waals surface area contributed by atoms with Crippen molar-refractivity contribution in [2.24, 2.45) is 5.73 Å². The maximum absolute atomic E-state index is 13.3. The monoisotopic (exact) mass is 505 g/mol. The molecule has 3 aromatic rings. The van der Waals surface area contributed by atoms with E-state index in [4.69, 9.17) is 10.5 Å². The fourth-order valence-electron chi connectivity index (χ4n) is 4.66. The highest BCUT2D eigenvalue weighted by atomic mass is 19.4. The highest BCUT2D eigenvalue weighted by Crippen LogP contribution is 2.39. The molecule has 3 N–H and O–H groups in total. The Kier molecular flexibility index (Phi) is 7.14. The lowest BCUT2D eigenvalue weighted by Crippen LogP contribution is -2.62. The standard InChI is InChI=1S/C25H27F4N5O2/c1-17(19-9-18(12-26)10-21(11-19)25(27,28)29)36-14-23(20-5-3-2-4-6-20)7-8-24(13-31-23,22(30)35)34-15-32-33-16-34/h2-6,9-11,15-17,31H,7-8,12-14H2,1H3,(H2,30,35)/t17-,23-,24-/m1/s1. The van der Waals surface area contributed by atoms with E-state index in [9.17, 15) is 22.4 Å². The molecule has 0 radical (unpaired) electrons. The van der Waals surface area contributed by atoms with Gasteiger partial charge < -0.3 is 20.4 Å². The molecule has 1 amide bonds. The Balaban J connectivity index is 1.60. The first-order valence-electron chi connectivity index (χ1n) is 11.4. The van der Waals surface area contributed by atoms with E-state index in [2.05, 4.69) is 15.5 Å². The van der Waals surface area contributed by atoms with Gasteiger partial charge in [0.1, 0.15) is 24.9 Å². The maximum Gasteiger partial charge on any atom is 0.416 e. The number of carbonyl (C=O) groups excluding carboxylic acids is 1. The molecule has 3 atom stereocenters. The van der Waals surface area contributed by atoms with Crippen molar-refractivity contribution in [3.05, 3.63) is 83.4 Å². The second kappa shape index (κ2) is 9.98. The molecule has 36 heavy (non-hydrogen) atoms. The Bertz CT molecular complexity index is 1180. The number of amides is 1. The van der Waals surface area contributed by atoms with Crippen LogP contribution in [-0.2, 0) is 33.5 Å². The SMILES string of the molecule is C[C@@H](OC[C@@]1(c2ccccc2)CC[C@@](C(N)=O)(n2cnnc2)CN1)c1cc(CF)cc(C(F)(F)F)c1. The highest BCUT2D eigenvalue weighted by Gasteiger charge is 2.48. The van der Waals surface area contributed by atoms with Crippen molar-refractivity contribution in [2.75, 3.05) is 13.2 Å². The third-order valence-electron chi connectivity index (χ3n) is 6.93. The zero-order valence-electron chi connectivity index (χ0n) is 19.6. The first-order chi connectivity index (χ1) is 17.1. The number of hydrogen-bond acceptors (Lipinski definition) is 5. The predicted octanol–water partition coefficient (Wildman–Crippen LogP) is 4.00. The van der Waals surface area contributed by atoms with Gasteiger partial charge in [0.25, 0.3) is 0 Å². The summed E-state index contributed by atoms with van der Waals surface area (Å²) in [6.45, 7) is 0.875. The van der Waals surface area contributed by atoms with Crippen LogP contribution in [0.2, 0.25) is 0 Å². The van der Waals surface area contributed by atoms with Gasteiger partial charge in [-0.1, -0.05) is 36.4 Å². The predicted molar refractivity (Wildman–Crippen MR) is 123 cm³/mol. The fraction of sp³-hybridized carbons (Fsp3) is 0.400. The van der Waals surface area contributed by atoms with Crippen molar-refractivity contribution in [2.45, 2.75) is 49.8 Å². The van der Waals surface area contributed by atoms with Crippen LogP contribution in [0.25, 0.3) is 0 Å². The number of ether oxygens (including phenoxy) is 1. The first-order valence-corrected chi connectivity index (χ1v) is 11.4. The third kappa shape index (κ3) is 4.98. The summed E-state index contributed by atoms with van der Waals surface area (Å²) < 4.78 is 61.0. The summed E-state index contributed by atoms with van der Waals surface area (Å²) in [5.74, 6) is -0.534. The van der Waals surface area contributed by atoms with E-state index in [0.29, 0.717) is 12.8 Å². The topological polar surface area (TPSA) is 95.1 Å². The van der Waals surface area contributed by atoms with Crippen LogP contribution in [0, 0.1) is 0 Å². The van der Waals surface area contributed by atoms with Crippen molar-refractivity contribution in [3.63, 3.8) is 0 Å². The van der Waals surface area contributed by atoms with E-state index >= 15 is 0 Å². The van der Waals surface area contributed by atoms with Gasteiger partial charge in [0.05, 0.1) is 23.8 Å². The van der Waals surface area contributed by atoms with E-state index in [1.807, 2.05) is 30.3 Å². The molecule has 0 spiro atoms. The van der Waals surface area contributed by atoms with Crippen LogP contribution < -0.4 is 11.1 Å². The summed E-state index contributed by atoms with van der Waals surface area (Å²) in [6.07, 6.45) is -1.68. The summed E-state index contributed by atoms with van der Waals surface area (Å²) in [5, 5.41) is 11.0. The van der Waals surface area contributed by atoms with E-state index < -0.39 is 41.5 Å². The lowest BCUT2D eigenvalue weighted by Gasteiger charge is -2.46. The van der Waals surface area contributed by atoms with Crippen molar-refractivity contribution < 1.29 is 27.1 Å². The second-order valence-corrected chi connectivity index (χ2v) is 9.11. The Morgan fingerprint density at radius 3 is 2.42 bits per heavy atom. The van der Waals surface area contributed by atoms with Crippen LogP contribution in [0.15, 0.2) is 61.2 Å². The van der Waals surface area contributed by atoms with Crippen LogP contribution in [0.1, 0.15) is 48.1 Å². The van der Waals surface area contributed by atoms with E-state index in [1.54, 1.807) is 11.5 Å². The Hall–Kier alpha value is -3.31. The number of alkyl halides is 4. The Morgan fingerprint density at radius 1 is 1.17 bits per heavy atom. The molecular formula is C25H27F4N5O2. The van der Waals surface area contributed by atoms with Gasteiger partial charge in [-0.2, -0.15) is 13.2 Å². The largest absolute Gasteiger partial charge is 0.416 e. The van der Waals surface area contributed by atoms with Crippen LogP contribution in [0.3, 0.4) is 0 Å². The van der Waals surface area contributed by atoms with E-state index in [-0.39, 0.29) is 24.3 Å². The molecule has 1 saturated heterocycles. The molecule has 1 aliphatic rings. The molecule has 0 unspecified atom stereocenters. The van der Waals surface area contributed by atoms with Gasteiger partial charge in [0.2, 0.25) is 5.91 Å². The summed E-state index contributed by atoms with van der Waals surface area (Å²) in [7, 11) is 0. The minimum atomic E-state index is -4.60. The molecule has 0 bridgehead atoms. The Morgan fingerprint density at radius 2 is 1.86 bits per heavy atom. The van der Waals surface area contributed by atoms with Gasteiger partial charge in [0.15, 0.2) is 0 Å². The number of hydrogen-bond donors (Lipinski definition) is 2. The van der Waals surface area contributed by atoms with Gasteiger partial charge >= 0.3 is 6.18 Å². The average Bonchev–Trinajstić information content (AvgIpc) is 3.43. The number of piperidine rings is 1. The third-order valence-corrected chi connectivity index (χ3v) is 6.93. The molecule has 2 heterocycles. The van der Waals surface area contributed by atoms with Crippen molar-refractivity contribution in [1.29, 1.82) is 0 Å². The lowest BCUT2D eigenvalue weighted by molar-refractivity contribution is -0.137. The zero-order chi connectivity index (χ0) is 26.0. The van der Waals surface area contributed by atoms with Gasteiger partial charge in [-0.15, -0.1) is 10.2 Å². The molecule has 1 aliphatic heterocycles. The molecule has 2 aromatic carbocycles. The number of rotatable bonds is 8. The summed E-state index contributed by atoms with van der Waals surface area (Å²) >= 11 is 0. The quantitative estimate of drug-likeness (QED) is 0.452. The average molecular weight is 506 g/mol. The fourth-order valence-corrected chi connectivity index (χ4v) is 4.66. The molecule has 0 aliphatic carbocycles. The molecule has 192 valence electrons. The van der Waals surface area contributed by atoms with Gasteiger partial charge in [0, 0.05) is 6.54 Å². The minimum Gasteiger partial charge on any atom is -0.372 e. The smallest absolute Gasteiger partial charge is 0.372 e. The number of nitrogens with zero attached hydrogens (tertiary/aromatic N) is 3. The van der Waals surface area contributed by atoms with Crippen LogP contribution >= 0.6 is 0 Å². The van der Waals surface area contributed by atoms with Crippen LogP contribution in [0.5, 0.6) is 0 Å². The van der Waals surface area contributed by atoms with Crippen molar-refractivity contribution >= 4 is 5.91 Å². The summed E-state index contributed by atoms with van der Waals surface area (Å²) in [6, 6.07) is 12.6. The minimum absolute atomic E-state index is 0.0657. The first kappa shape index (κ1) is 25.8. The number of primary amides is 1. The number of benzene rings is 2. The molecule has 7 nitrogen and oxygen atoms in total. The maximum atomic E-state index is 13.3. The lowest BCUT2D eigenvalue weighted by atomic mass is 9.76. The molecule has 1 aromatic heterocycles. The van der Waals surface area contributed by atoms with Crippen LogP contribution in [0.4, 0.5) is 17.6 Å². The number of aromatic nitrogens is 3. The molecule has 4 rings (SSSR count). The van der Waals surface area contributed by atoms with E-state index in [0.717, 1.165) is 17.7 Å². The molecule has 11 heteroatoms. The number of halogens is 4. The number of nitrogens with one attached hydrogen (secondary N) is 1. The normalized spacial score (nSPS) is 23.4. The highest BCUT2D eigenvalue weighted by molar-refractivity contribution is 5.83. The summed E-state index contributed by atoms with van der Waals surface area (Å²) in [4.78, 5) is 12.5. The van der Waals surface area contributed by atoms with Crippen molar-refractivity contribution in [1.82, 2.24) is 20.1 Å². The van der Waals surface area contributed by atoms with E-state index in [1.165, 1.54) is 18.7 Å². The number of carbonyl (C=O) groups is 1.